The van der Waals surface area contributed by atoms with Gasteiger partial charge in [0.1, 0.15) is 0 Å². The maximum atomic E-state index is 9.11. The van der Waals surface area contributed by atoms with Gasteiger partial charge in [0.05, 0.1) is 0 Å². The van der Waals surface area contributed by atoms with Crippen molar-refractivity contribution in [1.29, 1.82) is 0 Å². The van der Waals surface area contributed by atoms with Gasteiger partial charge in [-0.3, -0.25) is 4.98 Å². The van der Waals surface area contributed by atoms with Gasteiger partial charge >= 0.3 is 7.12 Å². The van der Waals surface area contributed by atoms with E-state index in [9.17, 15) is 0 Å². The van der Waals surface area contributed by atoms with Crippen LogP contribution in [0, 0.1) is 6.92 Å². The summed E-state index contributed by atoms with van der Waals surface area (Å²) in [6.45, 7) is 1.88. The van der Waals surface area contributed by atoms with Crippen molar-refractivity contribution in [2.45, 2.75) is 6.92 Å². The van der Waals surface area contributed by atoms with Crippen LogP contribution < -0.4 is 5.46 Å². The SMILES string of the molecule is Cc1sc(-c2ccncc2)cc1B(O)O. The van der Waals surface area contributed by atoms with E-state index in [0.717, 1.165) is 15.3 Å². The van der Waals surface area contributed by atoms with E-state index in [1.807, 2.05) is 19.1 Å². The molecule has 0 atom stereocenters. The Morgan fingerprint density at radius 3 is 2.47 bits per heavy atom. The highest BCUT2D eigenvalue weighted by molar-refractivity contribution is 7.16. The molecule has 0 aliphatic carbocycles. The van der Waals surface area contributed by atoms with Crippen molar-refractivity contribution >= 4 is 23.9 Å². The second kappa shape index (κ2) is 4.14. The van der Waals surface area contributed by atoms with Crippen molar-refractivity contribution in [1.82, 2.24) is 4.98 Å². The standard InChI is InChI=1S/C10H10BNO2S/c1-7-9(11(13)14)6-10(15-7)8-2-4-12-5-3-8/h2-6,13-14H,1H3. The van der Waals surface area contributed by atoms with Gasteiger partial charge in [-0.2, -0.15) is 0 Å². The highest BCUT2D eigenvalue weighted by Crippen LogP contribution is 2.25. The van der Waals surface area contributed by atoms with Crippen LogP contribution in [0.2, 0.25) is 0 Å². The molecule has 0 amide bonds. The molecule has 2 aromatic rings. The minimum Gasteiger partial charge on any atom is -0.423 e. The fourth-order valence-corrected chi connectivity index (χ4v) is 2.46. The lowest BCUT2D eigenvalue weighted by atomic mass is 9.80. The van der Waals surface area contributed by atoms with Crippen molar-refractivity contribution in [3.05, 3.63) is 35.5 Å². The van der Waals surface area contributed by atoms with Gasteiger partial charge in [-0.1, -0.05) is 0 Å². The molecule has 0 saturated carbocycles. The van der Waals surface area contributed by atoms with Gasteiger partial charge in [0.25, 0.3) is 0 Å². The molecular weight excluding hydrogens is 209 g/mol. The first-order valence-corrected chi connectivity index (χ1v) is 5.37. The molecule has 0 unspecified atom stereocenters. The predicted octanol–water partition coefficient (Wildman–Crippen LogP) is 0.798. The van der Waals surface area contributed by atoms with E-state index in [4.69, 9.17) is 10.0 Å². The lowest BCUT2D eigenvalue weighted by Gasteiger charge is -1.94. The first kappa shape index (κ1) is 10.4. The van der Waals surface area contributed by atoms with Crippen molar-refractivity contribution in [2.24, 2.45) is 0 Å². The molecule has 2 N–H and O–H groups in total. The van der Waals surface area contributed by atoms with Crippen LogP contribution in [0.15, 0.2) is 30.6 Å². The van der Waals surface area contributed by atoms with E-state index in [1.165, 1.54) is 0 Å². The molecule has 0 aliphatic rings. The summed E-state index contributed by atoms with van der Waals surface area (Å²) in [6, 6.07) is 5.61. The molecule has 0 aliphatic heterocycles. The lowest BCUT2D eigenvalue weighted by Crippen LogP contribution is -2.30. The zero-order valence-corrected chi connectivity index (χ0v) is 9.03. The van der Waals surface area contributed by atoms with Gasteiger partial charge in [0.15, 0.2) is 0 Å². The topological polar surface area (TPSA) is 53.4 Å². The number of hydrogen-bond acceptors (Lipinski definition) is 4. The first-order chi connectivity index (χ1) is 7.18. The van der Waals surface area contributed by atoms with Crippen molar-refractivity contribution in [3.8, 4) is 10.4 Å². The lowest BCUT2D eigenvalue weighted by molar-refractivity contribution is 0.426. The van der Waals surface area contributed by atoms with Gasteiger partial charge in [-0.05, 0) is 36.1 Å². The minimum absolute atomic E-state index is 0.576. The Hall–Kier alpha value is -1.17. The fraction of sp³-hybridized carbons (Fsp3) is 0.100. The molecule has 0 radical (unpaired) electrons. The average Bonchev–Trinajstić information content (AvgIpc) is 2.62. The third-order valence-electron chi connectivity index (χ3n) is 2.20. The Labute approximate surface area is 92.2 Å². The Balaban J connectivity index is 2.43. The summed E-state index contributed by atoms with van der Waals surface area (Å²) in [7, 11) is -1.39. The summed E-state index contributed by atoms with van der Waals surface area (Å²) < 4.78 is 0. The van der Waals surface area contributed by atoms with Gasteiger partial charge in [0, 0.05) is 22.1 Å². The second-order valence-corrected chi connectivity index (χ2v) is 4.49. The zero-order valence-electron chi connectivity index (χ0n) is 8.21. The number of hydrogen-bond donors (Lipinski definition) is 2. The number of aryl methyl sites for hydroxylation is 1. The third-order valence-corrected chi connectivity index (χ3v) is 3.31. The highest BCUT2D eigenvalue weighted by Gasteiger charge is 2.17. The van der Waals surface area contributed by atoms with Crippen molar-refractivity contribution in [2.75, 3.05) is 0 Å². The van der Waals surface area contributed by atoms with Crippen LogP contribution in [-0.2, 0) is 0 Å². The van der Waals surface area contributed by atoms with Crippen molar-refractivity contribution in [3.63, 3.8) is 0 Å². The molecule has 0 spiro atoms. The molecule has 0 fully saturated rings. The van der Waals surface area contributed by atoms with Crippen LogP contribution in [0.1, 0.15) is 4.88 Å². The van der Waals surface area contributed by atoms with E-state index >= 15 is 0 Å². The second-order valence-electron chi connectivity index (χ2n) is 3.23. The van der Waals surface area contributed by atoms with Crippen LogP contribution in [0.25, 0.3) is 10.4 Å². The molecule has 5 heteroatoms. The smallest absolute Gasteiger partial charge is 0.423 e. The quantitative estimate of drug-likeness (QED) is 0.734. The Kier molecular flexibility index (Phi) is 2.86. The van der Waals surface area contributed by atoms with Crippen molar-refractivity contribution < 1.29 is 10.0 Å². The summed E-state index contributed by atoms with van der Waals surface area (Å²) >= 11 is 1.55. The maximum absolute atomic E-state index is 9.11. The van der Waals surface area contributed by atoms with Crippen LogP contribution in [0.5, 0.6) is 0 Å². The van der Waals surface area contributed by atoms with Crippen LogP contribution in [0.3, 0.4) is 0 Å². The fourth-order valence-electron chi connectivity index (χ4n) is 1.41. The van der Waals surface area contributed by atoms with E-state index in [1.54, 1.807) is 29.8 Å². The molecule has 3 nitrogen and oxygen atoms in total. The van der Waals surface area contributed by atoms with E-state index in [0.29, 0.717) is 5.46 Å². The number of nitrogens with zero attached hydrogens (tertiary/aromatic N) is 1. The molecule has 2 aromatic heterocycles. The highest BCUT2D eigenvalue weighted by atomic mass is 32.1. The molecular formula is C10H10BNO2S. The summed E-state index contributed by atoms with van der Waals surface area (Å²) in [5.74, 6) is 0. The zero-order chi connectivity index (χ0) is 10.8. The number of rotatable bonds is 2. The summed E-state index contributed by atoms with van der Waals surface area (Å²) in [6.07, 6.45) is 3.44. The Morgan fingerprint density at radius 2 is 1.93 bits per heavy atom. The van der Waals surface area contributed by atoms with Gasteiger partial charge in [-0.25, -0.2) is 0 Å². The van der Waals surface area contributed by atoms with Gasteiger partial charge in [0.2, 0.25) is 0 Å². The molecule has 0 saturated heterocycles. The molecule has 2 heterocycles. The molecule has 15 heavy (non-hydrogen) atoms. The number of pyridine rings is 1. The monoisotopic (exact) mass is 219 g/mol. The summed E-state index contributed by atoms with van der Waals surface area (Å²) in [5, 5.41) is 18.2. The average molecular weight is 219 g/mol. The minimum atomic E-state index is -1.39. The predicted molar refractivity (Wildman–Crippen MR) is 62.1 cm³/mol. The third kappa shape index (κ3) is 2.09. The molecule has 76 valence electrons. The largest absolute Gasteiger partial charge is 0.489 e. The normalized spacial score (nSPS) is 10.3. The summed E-state index contributed by atoms with van der Waals surface area (Å²) in [4.78, 5) is 5.89. The van der Waals surface area contributed by atoms with Crippen LogP contribution in [-0.4, -0.2) is 22.2 Å². The first-order valence-electron chi connectivity index (χ1n) is 4.55. The Morgan fingerprint density at radius 1 is 1.27 bits per heavy atom. The Bertz CT molecular complexity index is 456. The van der Waals surface area contributed by atoms with E-state index in [2.05, 4.69) is 4.98 Å². The number of thiophene rings is 1. The van der Waals surface area contributed by atoms with Crippen LogP contribution in [0.4, 0.5) is 0 Å². The molecule has 2 rings (SSSR count). The van der Waals surface area contributed by atoms with Crippen LogP contribution >= 0.6 is 11.3 Å². The number of aromatic nitrogens is 1. The van der Waals surface area contributed by atoms with Gasteiger partial charge in [-0.15, -0.1) is 11.3 Å². The molecule has 0 bridgehead atoms. The maximum Gasteiger partial charge on any atom is 0.489 e. The van der Waals surface area contributed by atoms with E-state index < -0.39 is 7.12 Å². The summed E-state index contributed by atoms with van der Waals surface area (Å²) in [5.41, 5.74) is 1.62. The van der Waals surface area contributed by atoms with Gasteiger partial charge < -0.3 is 10.0 Å². The van der Waals surface area contributed by atoms with E-state index in [-0.39, 0.29) is 0 Å². The molecule has 0 aromatic carbocycles.